The molecule has 180 valence electrons. The number of hydrogen-bond donors (Lipinski definition) is 2. The van der Waals surface area contributed by atoms with Gasteiger partial charge in [-0.15, -0.1) is 0 Å². The number of nitrogens with zero attached hydrogens (tertiary/aromatic N) is 2. The number of carboxylic acids is 1. The average molecular weight is 481 g/mol. The number of fused-ring (bicyclic) bond motifs is 1. The summed E-state index contributed by atoms with van der Waals surface area (Å²) in [5.41, 5.74) is 1.67. The van der Waals surface area contributed by atoms with Crippen molar-refractivity contribution in [3.05, 3.63) is 70.9 Å². The molecule has 35 heavy (non-hydrogen) atoms. The van der Waals surface area contributed by atoms with Crippen molar-refractivity contribution in [2.75, 3.05) is 5.32 Å². The molecule has 0 aliphatic heterocycles. The van der Waals surface area contributed by atoms with E-state index < -0.39 is 35.4 Å². The zero-order chi connectivity index (χ0) is 24.3. The molecule has 0 amide bonds. The molecule has 0 bridgehead atoms. The molecule has 3 aliphatic rings. The van der Waals surface area contributed by atoms with E-state index in [2.05, 4.69) is 15.3 Å². The van der Waals surface area contributed by atoms with Gasteiger partial charge in [-0.1, -0.05) is 6.07 Å². The van der Waals surface area contributed by atoms with Crippen LogP contribution in [-0.2, 0) is 11.2 Å². The van der Waals surface area contributed by atoms with Crippen molar-refractivity contribution < 1.29 is 27.8 Å². The molecule has 3 aliphatic carbocycles. The molecule has 9 heteroatoms. The topological polar surface area (TPSA) is 84.3 Å². The van der Waals surface area contributed by atoms with Crippen LogP contribution in [0.2, 0.25) is 0 Å². The summed E-state index contributed by atoms with van der Waals surface area (Å²) in [7, 11) is 0. The predicted octanol–water partition coefficient (Wildman–Crippen LogP) is 5.39. The Morgan fingerprint density at radius 3 is 2.43 bits per heavy atom. The number of benzene rings is 2. The lowest BCUT2D eigenvalue weighted by molar-refractivity contribution is -0.138. The third-order valence-electron chi connectivity index (χ3n) is 6.93. The van der Waals surface area contributed by atoms with Crippen molar-refractivity contribution in [3.63, 3.8) is 0 Å². The summed E-state index contributed by atoms with van der Waals surface area (Å²) in [4.78, 5) is 19.7. The summed E-state index contributed by atoms with van der Waals surface area (Å²) in [5, 5.41) is 12.3. The first-order chi connectivity index (χ1) is 16.9. The van der Waals surface area contributed by atoms with Crippen molar-refractivity contribution in [3.8, 4) is 16.9 Å². The van der Waals surface area contributed by atoms with Gasteiger partial charge in [0, 0.05) is 23.6 Å². The molecule has 0 radical (unpaired) electrons. The number of rotatable bonds is 7. The molecule has 1 heterocycles. The molecule has 6 rings (SSSR count). The first kappa shape index (κ1) is 21.9. The number of hydrogen-bond acceptors (Lipinski definition) is 5. The normalized spacial score (nSPS) is 22.5. The van der Waals surface area contributed by atoms with Crippen LogP contribution in [0.5, 0.6) is 5.75 Å². The van der Waals surface area contributed by atoms with Crippen LogP contribution >= 0.6 is 0 Å². The van der Waals surface area contributed by atoms with Gasteiger partial charge in [-0.05, 0) is 49.3 Å². The summed E-state index contributed by atoms with van der Waals surface area (Å²) < 4.78 is 50.4. The van der Waals surface area contributed by atoms with E-state index in [-0.39, 0.29) is 23.3 Å². The Bertz CT molecular complexity index is 1300. The SMILES string of the molecule is O=C(O)[C@H]1C[C@@H]1c1cnc(N[C@@H]2CCc3c(-c4c(F)cc(OC5CC5)cc4F)ccc(F)c32)cn1. The largest absolute Gasteiger partial charge is 0.490 e. The Morgan fingerprint density at radius 2 is 1.80 bits per heavy atom. The fourth-order valence-corrected chi connectivity index (χ4v) is 4.92. The zero-order valence-corrected chi connectivity index (χ0v) is 18.6. The quantitative estimate of drug-likeness (QED) is 0.471. The molecule has 0 saturated heterocycles. The predicted molar refractivity (Wildman–Crippen MR) is 121 cm³/mol. The molecule has 3 aromatic rings. The van der Waals surface area contributed by atoms with Crippen molar-refractivity contribution in [2.24, 2.45) is 5.92 Å². The maximum atomic E-state index is 15.0. The van der Waals surface area contributed by atoms with Crippen molar-refractivity contribution in [1.29, 1.82) is 0 Å². The van der Waals surface area contributed by atoms with Crippen LogP contribution < -0.4 is 10.1 Å². The minimum Gasteiger partial charge on any atom is -0.490 e. The highest BCUT2D eigenvalue weighted by molar-refractivity contribution is 5.75. The Balaban J connectivity index is 1.26. The highest BCUT2D eigenvalue weighted by Gasteiger charge is 2.45. The molecule has 1 aromatic heterocycles. The summed E-state index contributed by atoms with van der Waals surface area (Å²) in [6, 6.07) is 4.58. The van der Waals surface area contributed by atoms with Crippen molar-refractivity contribution in [1.82, 2.24) is 9.97 Å². The Kier molecular flexibility index (Phi) is 5.16. The average Bonchev–Trinajstić information content (AvgIpc) is 3.74. The van der Waals surface area contributed by atoms with Crippen LogP contribution in [0.3, 0.4) is 0 Å². The Morgan fingerprint density at radius 1 is 1.03 bits per heavy atom. The third kappa shape index (κ3) is 4.09. The number of carboxylic acid groups (broad SMARTS) is 1. The maximum Gasteiger partial charge on any atom is 0.307 e. The molecule has 3 atom stereocenters. The second kappa shape index (κ2) is 8.25. The lowest BCUT2D eigenvalue weighted by Gasteiger charge is -2.17. The highest BCUT2D eigenvalue weighted by atomic mass is 19.1. The van der Waals surface area contributed by atoms with E-state index in [9.17, 15) is 18.0 Å². The van der Waals surface area contributed by atoms with Crippen LogP contribution in [-0.4, -0.2) is 27.1 Å². The van der Waals surface area contributed by atoms with E-state index in [0.717, 1.165) is 12.8 Å². The van der Waals surface area contributed by atoms with Crippen LogP contribution in [0.1, 0.15) is 54.5 Å². The van der Waals surface area contributed by atoms with Gasteiger partial charge in [0.05, 0.1) is 41.7 Å². The number of carbonyl (C=O) groups is 1. The number of halogens is 3. The second-order valence-corrected chi connectivity index (χ2v) is 9.42. The van der Waals surface area contributed by atoms with E-state index in [1.807, 2.05) is 0 Å². The zero-order valence-electron chi connectivity index (χ0n) is 18.6. The number of nitrogens with one attached hydrogen (secondary N) is 1. The van der Waals surface area contributed by atoms with Crippen LogP contribution in [0.15, 0.2) is 36.7 Å². The molecule has 2 saturated carbocycles. The minimum atomic E-state index is -0.842. The molecule has 0 spiro atoms. The van der Waals surface area contributed by atoms with Gasteiger partial charge < -0.3 is 15.2 Å². The molecule has 6 nitrogen and oxygen atoms in total. The summed E-state index contributed by atoms with van der Waals surface area (Å²) in [6.07, 6.45) is 6.31. The smallest absolute Gasteiger partial charge is 0.307 e. The van der Waals surface area contributed by atoms with Crippen LogP contribution in [0.25, 0.3) is 11.1 Å². The summed E-state index contributed by atoms with van der Waals surface area (Å²) >= 11 is 0. The number of anilines is 1. The monoisotopic (exact) mass is 481 g/mol. The van der Waals surface area contributed by atoms with Crippen molar-refractivity contribution in [2.45, 2.75) is 50.2 Å². The second-order valence-electron chi connectivity index (χ2n) is 9.42. The van der Waals surface area contributed by atoms with E-state index >= 15 is 0 Å². The molecule has 2 N–H and O–H groups in total. The van der Waals surface area contributed by atoms with Gasteiger partial charge in [0.2, 0.25) is 0 Å². The molecule has 0 unspecified atom stereocenters. The van der Waals surface area contributed by atoms with Gasteiger partial charge in [-0.25, -0.2) is 18.2 Å². The van der Waals surface area contributed by atoms with E-state index in [0.29, 0.717) is 47.5 Å². The standard InChI is InChI=1S/C26H22F3N3O3/c27-18-5-3-14(24-19(28)7-13(8-20(24)29)35-12-1-2-12)15-4-6-21(25(15)18)32-23-11-30-22(10-31-23)16-9-17(16)26(33)34/h3,5,7-8,10-12,16-17,21H,1-2,4,6,9H2,(H,31,32)(H,33,34)/t16-,17-,21+/m0/s1. The lowest BCUT2D eigenvalue weighted by atomic mass is 9.95. The van der Waals surface area contributed by atoms with Crippen LogP contribution in [0, 0.1) is 23.4 Å². The lowest BCUT2D eigenvalue weighted by Crippen LogP contribution is -2.11. The van der Waals surface area contributed by atoms with Gasteiger partial charge in [0.1, 0.15) is 29.0 Å². The van der Waals surface area contributed by atoms with Crippen molar-refractivity contribution >= 4 is 11.8 Å². The first-order valence-corrected chi connectivity index (χ1v) is 11.7. The number of ether oxygens (including phenoxy) is 1. The van der Waals surface area contributed by atoms with Gasteiger partial charge in [0.25, 0.3) is 0 Å². The molecule has 2 fully saturated rings. The summed E-state index contributed by atoms with van der Waals surface area (Å²) in [6.45, 7) is 0. The molecule has 2 aromatic carbocycles. The van der Waals surface area contributed by atoms with E-state index in [4.69, 9.17) is 9.84 Å². The first-order valence-electron chi connectivity index (χ1n) is 11.7. The van der Waals surface area contributed by atoms with Gasteiger partial charge >= 0.3 is 5.97 Å². The van der Waals surface area contributed by atoms with E-state index in [1.54, 1.807) is 0 Å². The molecular weight excluding hydrogens is 459 g/mol. The van der Waals surface area contributed by atoms with E-state index in [1.165, 1.54) is 36.7 Å². The molecular formula is C26H22F3N3O3. The third-order valence-corrected chi connectivity index (χ3v) is 6.93. The fourth-order valence-electron chi connectivity index (χ4n) is 4.92. The maximum absolute atomic E-state index is 15.0. The number of aliphatic carboxylic acids is 1. The van der Waals surface area contributed by atoms with Gasteiger partial charge in [-0.3, -0.25) is 9.78 Å². The summed E-state index contributed by atoms with van der Waals surface area (Å²) in [5.74, 6) is -2.76. The van der Waals surface area contributed by atoms with Gasteiger partial charge in [-0.2, -0.15) is 0 Å². The minimum absolute atomic E-state index is 0.0154. The number of aromatic nitrogens is 2. The Labute approximate surface area is 199 Å². The Hall–Kier alpha value is -3.62. The van der Waals surface area contributed by atoms with Crippen LogP contribution in [0.4, 0.5) is 19.0 Å². The fraction of sp³-hybridized carbons (Fsp3) is 0.346. The van der Waals surface area contributed by atoms with Gasteiger partial charge in [0.15, 0.2) is 0 Å². The highest BCUT2D eigenvalue weighted by Crippen LogP contribution is 2.47.